The van der Waals surface area contributed by atoms with E-state index in [9.17, 15) is 0 Å². The predicted molar refractivity (Wildman–Crippen MR) is 88.2 cm³/mol. The molecular formula is C16H24ClN3O. The lowest BCUT2D eigenvalue weighted by molar-refractivity contribution is -0.0287. The molecule has 1 aliphatic heterocycles. The second kappa shape index (κ2) is 7.69. The van der Waals surface area contributed by atoms with E-state index in [1.54, 1.807) is 0 Å². The fraction of sp³-hybridized carbons (Fsp3) is 0.500. The van der Waals surface area contributed by atoms with Crippen molar-refractivity contribution in [3.05, 3.63) is 40.7 Å². The summed E-state index contributed by atoms with van der Waals surface area (Å²) in [5.74, 6) is 0.524. The van der Waals surface area contributed by atoms with Gasteiger partial charge < -0.3 is 21.1 Å². The molecule has 0 radical (unpaired) electrons. The van der Waals surface area contributed by atoms with Gasteiger partial charge in [0.15, 0.2) is 0 Å². The normalized spacial score (nSPS) is 23.6. The van der Waals surface area contributed by atoms with Crippen molar-refractivity contribution in [1.82, 2.24) is 5.32 Å². The van der Waals surface area contributed by atoms with Crippen molar-refractivity contribution in [2.45, 2.75) is 38.9 Å². The summed E-state index contributed by atoms with van der Waals surface area (Å²) in [6.45, 7) is 5.91. The third kappa shape index (κ3) is 4.63. The highest BCUT2D eigenvalue weighted by atomic mass is 35.5. The SMILES string of the molecule is CCC/C(Cl)=C(\N)Nc1ccc([C@H]2CNC[C@@H](C)O2)cc1. The van der Waals surface area contributed by atoms with Crippen molar-refractivity contribution >= 4 is 17.3 Å². The van der Waals surface area contributed by atoms with Gasteiger partial charge >= 0.3 is 0 Å². The molecule has 21 heavy (non-hydrogen) atoms. The Hall–Kier alpha value is -1.23. The van der Waals surface area contributed by atoms with Crippen LogP contribution in [0.3, 0.4) is 0 Å². The molecular weight excluding hydrogens is 286 g/mol. The predicted octanol–water partition coefficient (Wildman–Crippen LogP) is 3.31. The molecule has 2 rings (SSSR count). The molecule has 1 aromatic rings. The van der Waals surface area contributed by atoms with Crippen LogP contribution < -0.4 is 16.4 Å². The largest absolute Gasteiger partial charge is 0.384 e. The first-order chi connectivity index (χ1) is 10.1. The number of benzene rings is 1. The maximum Gasteiger partial charge on any atom is 0.115 e. The average Bonchev–Trinajstić information content (AvgIpc) is 2.48. The molecule has 1 saturated heterocycles. The zero-order chi connectivity index (χ0) is 15.2. The van der Waals surface area contributed by atoms with E-state index in [2.05, 4.69) is 36.6 Å². The van der Waals surface area contributed by atoms with Crippen molar-refractivity contribution in [3.63, 3.8) is 0 Å². The minimum absolute atomic E-state index is 0.111. The van der Waals surface area contributed by atoms with Crippen molar-refractivity contribution < 1.29 is 4.74 Å². The molecule has 0 saturated carbocycles. The first-order valence-electron chi connectivity index (χ1n) is 7.47. The molecule has 116 valence electrons. The van der Waals surface area contributed by atoms with Gasteiger partial charge in [0.05, 0.1) is 17.2 Å². The van der Waals surface area contributed by atoms with Crippen molar-refractivity contribution in [2.75, 3.05) is 18.4 Å². The fourth-order valence-corrected chi connectivity index (χ4v) is 2.59. The second-order valence-corrected chi connectivity index (χ2v) is 5.87. The molecule has 4 N–H and O–H groups in total. The van der Waals surface area contributed by atoms with Crippen LogP contribution in [0.15, 0.2) is 35.1 Å². The molecule has 0 aromatic heterocycles. The van der Waals surface area contributed by atoms with Gasteiger partial charge in [-0.15, -0.1) is 0 Å². The molecule has 0 spiro atoms. The lowest BCUT2D eigenvalue weighted by Crippen LogP contribution is -2.38. The molecule has 0 unspecified atom stereocenters. The Labute approximate surface area is 131 Å². The Bertz CT molecular complexity index is 487. The standard InChI is InChI=1S/C16H24ClN3O/c1-3-4-14(17)16(18)20-13-7-5-12(6-8-13)15-10-19-9-11(2)21-15/h5-8,11,15,19-20H,3-4,9-10,18H2,1-2H3/b16-14-/t11-,15-/m1/s1. The van der Waals surface area contributed by atoms with Crippen molar-refractivity contribution in [1.29, 1.82) is 0 Å². The summed E-state index contributed by atoms with van der Waals surface area (Å²) in [7, 11) is 0. The van der Waals surface area contributed by atoms with E-state index in [0.717, 1.165) is 31.6 Å². The monoisotopic (exact) mass is 309 g/mol. The van der Waals surface area contributed by atoms with Gasteiger partial charge in [0, 0.05) is 18.8 Å². The zero-order valence-electron chi connectivity index (χ0n) is 12.7. The lowest BCUT2D eigenvalue weighted by Gasteiger charge is -2.29. The van der Waals surface area contributed by atoms with Gasteiger partial charge in [0.2, 0.25) is 0 Å². The van der Waals surface area contributed by atoms with Crippen LogP contribution in [-0.4, -0.2) is 19.2 Å². The van der Waals surface area contributed by atoms with E-state index in [1.165, 1.54) is 5.56 Å². The Morgan fingerprint density at radius 1 is 1.38 bits per heavy atom. The van der Waals surface area contributed by atoms with Crippen LogP contribution >= 0.6 is 11.6 Å². The molecule has 4 nitrogen and oxygen atoms in total. The summed E-state index contributed by atoms with van der Waals surface area (Å²) >= 11 is 6.11. The Kier molecular flexibility index (Phi) is 5.91. The summed E-state index contributed by atoms with van der Waals surface area (Å²) in [6.07, 6.45) is 2.12. The number of nitrogens with two attached hydrogens (primary N) is 1. The first-order valence-corrected chi connectivity index (χ1v) is 7.85. The number of allylic oxidation sites excluding steroid dienone is 1. The van der Waals surface area contributed by atoms with Gasteiger partial charge in [-0.05, 0) is 31.0 Å². The van der Waals surface area contributed by atoms with Gasteiger partial charge in [-0.1, -0.05) is 37.1 Å². The fourth-order valence-electron chi connectivity index (χ4n) is 2.35. The summed E-state index contributed by atoms with van der Waals surface area (Å²) in [5.41, 5.74) is 8.04. The van der Waals surface area contributed by atoms with Crippen LogP contribution in [0.1, 0.15) is 38.4 Å². The highest BCUT2D eigenvalue weighted by Gasteiger charge is 2.20. The Balaban J connectivity index is 2.00. The molecule has 1 fully saturated rings. The average molecular weight is 310 g/mol. The maximum absolute atomic E-state index is 6.11. The van der Waals surface area contributed by atoms with Gasteiger partial charge in [0.25, 0.3) is 0 Å². The molecule has 5 heteroatoms. The number of ether oxygens (including phenoxy) is 1. The second-order valence-electron chi connectivity index (χ2n) is 5.41. The number of halogens is 1. The van der Waals surface area contributed by atoms with E-state index in [1.807, 2.05) is 12.1 Å². The van der Waals surface area contributed by atoms with Gasteiger partial charge in [0.1, 0.15) is 5.82 Å². The van der Waals surface area contributed by atoms with Crippen LogP contribution in [0.4, 0.5) is 5.69 Å². The molecule has 1 aliphatic rings. The van der Waals surface area contributed by atoms with E-state index in [4.69, 9.17) is 22.1 Å². The molecule has 0 bridgehead atoms. The van der Waals surface area contributed by atoms with Crippen LogP contribution in [0.25, 0.3) is 0 Å². The molecule has 2 atom stereocenters. The number of nitrogens with one attached hydrogen (secondary N) is 2. The third-order valence-corrected chi connectivity index (χ3v) is 3.87. The van der Waals surface area contributed by atoms with Crippen molar-refractivity contribution in [3.8, 4) is 0 Å². The highest BCUT2D eigenvalue weighted by molar-refractivity contribution is 6.30. The van der Waals surface area contributed by atoms with Crippen LogP contribution in [0, 0.1) is 0 Å². The summed E-state index contributed by atoms with van der Waals surface area (Å²) in [6, 6.07) is 8.13. The third-order valence-electron chi connectivity index (χ3n) is 3.48. The Morgan fingerprint density at radius 3 is 2.71 bits per heavy atom. The number of anilines is 1. The first kappa shape index (κ1) is 16.1. The summed E-state index contributed by atoms with van der Waals surface area (Å²) in [5, 5.41) is 7.18. The minimum atomic E-state index is 0.111. The van der Waals surface area contributed by atoms with E-state index >= 15 is 0 Å². The van der Waals surface area contributed by atoms with E-state index in [0.29, 0.717) is 10.9 Å². The molecule has 1 aromatic carbocycles. The number of rotatable bonds is 5. The van der Waals surface area contributed by atoms with Crippen LogP contribution in [0.2, 0.25) is 0 Å². The zero-order valence-corrected chi connectivity index (χ0v) is 13.4. The summed E-state index contributed by atoms with van der Waals surface area (Å²) in [4.78, 5) is 0. The minimum Gasteiger partial charge on any atom is -0.384 e. The molecule has 0 aliphatic carbocycles. The van der Waals surface area contributed by atoms with E-state index in [-0.39, 0.29) is 12.2 Å². The number of hydrogen-bond acceptors (Lipinski definition) is 4. The smallest absolute Gasteiger partial charge is 0.115 e. The summed E-state index contributed by atoms with van der Waals surface area (Å²) < 4.78 is 5.93. The molecule has 0 amide bonds. The van der Waals surface area contributed by atoms with Crippen molar-refractivity contribution in [2.24, 2.45) is 5.73 Å². The molecule has 1 heterocycles. The van der Waals surface area contributed by atoms with Crippen LogP contribution in [0.5, 0.6) is 0 Å². The topological polar surface area (TPSA) is 59.3 Å². The quantitative estimate of drug-likeness (QED) is 0.781. The van der Waals surface area contributed by atoms with Crippen LogP contribution in [-0.2, 0) is 4.74 Å². The number of morpholine rings is 1. The Morgan fingerprint density at radius 2 is 2.10 bits per heavy atom. The van der Waals surface area contributed by atoms with E-state index < -0.39 is 0 Å². The number of hydrogen-bond donors (Lipinski definition) is 3. The lowest BCUT2D eigenvalue weighted by atomic mass is 10.1. The van der Waals surface area contributed by atoms with Gasteiger partial charge in [-0.2, -0.15) is 0 Å². The highest BCUT2D eigenvalue weighted by Crippen LogP contribution is 2.23. The van der Waals surface area contributed by atoms with Gasteiger partial charge in [-0.25, -0.2) is 0 Å². The van der Waals surface area contributed by atoms with Gasteiger partial charge in [-0.3, -0.25) is 0 Å². The maximum atomic E-state index is 6.11.